The molecule has 0 aromatic rings. The molecule has 0 radical (unpaired) electrons. The number of alkyl halides is 1. The Morgan fingerprint density at radius 2 is 2.42 bits per heavy atom. The third-order valence-corrected chi connectivity index (χ3v) is 2.19. The normalized spacial score (nSPS) is 42.2. The lowest BCUT2D eigenvalue weighted by atomic mass is 9.94. The van der Waals surface area contributed by atoms with E-state index in [-0.39, 0.29) is 6.61 Å². The van der Waals surface area contributed by atoms with Crippen molar-refractivity contribution in [3.63, 3.8) is 0 Å². The molecule has 1 saturated heterocycles. The van der Waals surface area contributed by atoms with Crippen LogP contribution in [0.25, 0.3) is 0 Å². The van der Waals surface area contributed by atoms with Crippen molar-refractivity contribution in [3.8, 4) is 0 Å². The molecule has 68 valence electrons. The summed E-state index contributed by atoms with van der Waals surface area (Å²) in [6.07, 6.45) is -2.97. The fourth-order valence-electron chi connectivity index (χ4n) is 1.22. The Kier molecular flexibility index (Phi) is 3.59. The Morgan fingerprint density at radius 3 is 2.92 bits per heavy atom. The highest BCUT2D eigenvalue weighted by molar-refractivity contribution is 7.17. The molecular formula is C5H9BFO4P. The van der Waals surface area contributed by atoms with Crippen LogP contribution in [0.5, 0.6) is 0 Å². The van der Waals surface area contributed by atoms with Gasteiger partial charge in [-0.05, 0) is 0 Å². The van der Waals surface area contributed by atoms with Gasteiger partial charge in [-0.1, -0.05) is 0 Å². The van der Waals surface area contributed by atoms with Gasteiger partial charge in [0.05, 0.1) is 12.6 Å². The SMILES string of the molecule is B[C@@H]1O[C@H](CO)C(OP=O)[C@@H]1F. The first-order valence-electron chi connectivity index (χ1n) is 3.59. The maximum Gasteiger partial charge on any atom is 0.327 e. The van der Waals surface area contributed by atoms with Gasteiger partial charge in [0.1, 0.15) is 26.2 Å². The van der Waals surface area contributed by atoms with Crippen molar-refractivity contribution in [3.05, 3.63) is 0 Å². The number of rotatable bonds is 3. The van der Waals surface area contributed by atoms with Gasteiger partial charge in [0, 0.05) is 0 Å². The molecule has 0 aliphatic carbocycles. The Hall–Kier alpha value is -0.0251. The summed E-state index contributed by atoms with van der Waals surface area (Å²) in [7, 11) is 0.949. The second-order valence-corrected chi connectivity index (χ2v) is 3.01. The average Bonchev–Trinajstić information content (AvgIpc) is 2.33. The molecule has 0 saturated carbocycles. The zero-order chi connectivity index (χ0) is 9.14. The molecule has 12 heavy (non-hydrogen) atoms. The first-order chi connectivity index (χ1) is 5.70. The minimum Gasteiger partial charge on any atom is -0.394 e. The molecule has 0 aromatic heterocycles. The summed E-state index contributed by atoms with van der Waals surface area (Å²) >= 11 is 0. The number of aliphatic hydroxyl groups is 1. The molecule has 0 aromatic carbocycles. The quantitative estimate of drug-likeness (QED) is 0.475. The van der Waals surface area contributed by atoms with E-state index in [1.165, 1.54) is 0 Å². The molecule has 1 fully saturated rings. The van der Waals surface area contributed by atoms with E-state index in [4.69, 9.17) is 9.84 Å². The van der Waals surface area contributed by atoms with Crippen LogP contribution in [0.3, 0.4) is 0 Å². The Bertz CT molecular complexity index is 172. The van der Waals surface area contributed by atoms with Crippen LogP contribution in [0.2, 0.25) is 0 Å². The summed E-state index contributed by atoms with van der Waals surface area (Å²) in [6, 6.07) is -0.617. The predicted molar refractivity (Wildman–Crippen MR) is 41.7 cm³/mol. The zero-order valence-corrected chi connectivity index (χ0v) is 7.41. The fraction of sp³-hybridized carbons (Fsp3) is 1.00. The lowest BCUT2D eigenvalue weighted by molar-refractivity contribution is 0.00650. The molecule has 4 nitrogen and oxygen atoms in total. The smallest absolute Gasteiger partial charge is 0.327 e. The van der Waals surface area contributed by atoms with Crippen molar-refractivity contribution < 1.29 is 23.3 Å². The molecule has 1 aliphatic rings. The first kappa shape index (κ1) is 10.1. The lowest BCUT2D eigenvalue weighted by Gasteiger charge is -2.12. The van der Waals surface area contributed by atoms with Crippen LogP contribution < -0.4 is 0 Å². The average molecular weight is 194 g/mol. The standard InChI is InChI=1S/C5H9BFO4P/c6-5-3(7)4(11-12-9)2(1-8)10-5/h2-5,8H,1,6H2/t2-,3+,4?,5-/m1/s1. The van der Waals surface area contributed by atoms with Gasteiger partial charge in [0.15, 0.2) is 0 Å². The van der Waals surface area contributed by atoms with Gasteiger partial charge < -0.3 is 9.84 Å². The minimum atomic E-state index is -1.33. The van der Waals surface area contributed by atoms with Crippen LogP contribution in [0.1, 0.15) is 0 Å². The summed E-state index contributed by atoms with van der Waals surface area (Å²) < 4.78 is 32.7. The molecule has 0 bridgehead atoms. The van der Waals surface area contributed by atoms with Gasteiger partial charge >= 0.3 is 8.69 Å². The Morgan fingerprint density at radius 1 is 1.75 bits per heavy atom. The second-order valence-electron chi connectivity index (χ2n) is 2.65. The molecular weight excluding hydrogens is 185 g/mol. The van der Waals surface area contributed by atoms with Crippen molar-refractivity contribution in [1.29, 1.82) is 0 Å². The highest BCUT2D eigenvalue weighted by atomic mass is 31.1. The monoisotopic (exact) mass is 194 g/mol. The van der Waals surface area contributed by atoms with E-state index in [0.717, 1.165) is 0 Å². The Labute approximate surface area is 71.7 Å². The van der Waals surface area contributed by atoms with Crippen LogP contribution in [0.15, 0.2) is 0 Å². The molecule has 0 amide bonds. The van der Waals surface area contributed by atoms with Crippen LogP contribution in [-0.2, 0) is 13.8 Å². The first-order valence-corrected chi connectivity index (χ1v) is 4.32. The fourth-order valence-corrected chi connectivity index (χ4v) is 1.57. The number of halogens is 1. The molecule has 1 unspecified atom stereocenters. The van der Waals surface area contributed by atoms with Crippen LogP contribution >= 0.6 is 8.69 Å². The third kappa shape index (κ3) is 1.83. The summed E-state index contributed by atoms with van der Waals surface area (Å²) in [5.41, 5.74) is 0. The molecule has 0 spiro atoms. The predicted octanol–water partition coefficient (Wildman–Crippen LogP) is -0.733. The van der Waals surface area contributed by atoms with Crippen LogP contribution in [0.4, 0.5) is 4.39 Å². The van der Waals surface area contributed by atoms with E-state index in [9.17, 15) is 8.96 Å². The van der Waals surface area contributed by atoms with Crippen LogP contribution in [-0.4, -0.2) is 43.9 Å². The van der Waals surface area contributed by atoms with E-state index in [0.29, 0.717) is 0 Å². The van der Waals surface area contributed by atoms with E-state index < -0.39 is 33.1 Å². The van der Waals surface area contributed by atoms with Crippen molar-refractivity contribution in [2.45, 2.75) is 24.4 Å². The van der Waals surface area contributed by atoms with E-state index in [1.54, 1.807) is 7.85 Å². The van der Waals surface area contributed by atoms with Gasteiger partial charge in [0.2, 0.25) is 0 Å². The number of hydrogen-bond donors (Lipinski definition) is 1. The maximum atomic E-state index is 13.1. The number of hydrogen-bond acceptors (Lipinski definition) is 4. The van der Waals surface area contributed by atoms with E-state index in [2.05, 4.69) is 4.52 Å². The molecule has 4 atom stereocenters. The van der Waals surface area contributed by atoms with Gasteiger partial charge in [-0.2, -0.15) is 0 Å². The zero-order valence-electron chi connectivity index (χ0n) is 6.51. The van der Waals surface area contributed by atoms with Gasteiger partial charge in [0.25, 0.3) is 0 Å². The second kappa shape index (κ2) is 4.28. The highest BCUT2D eigenvalue weighted by Crippen LogP contribution is 2.27. The third-order valence-electron chi connectivity index (χ3n) is 1.86. The lowest BCUT2D eigenvalue weighted by Crippen LogP contribution is -2.31. The molecule has 1 N–H and O–H groups in total. The summed E-state index contributed by atoms with van der Waals surface area (Å²) in [6.45, 7) is -0.328. The van der Waals surface area contributed by atoms with Crippen molar-refractivity contribution in [2.24, 2.45) is 0 Å². The van der Waals surface area contributed by atoms with Crippen molar-refractivity contribution >= 4 is 16.5 Å². The summed E-state index contributed by atoms with van der Waals surface area (Å²) in [4.78, 5) is 0. The molecule has 1 rings (SSSR count). The Balaban J connectivity index is 2.59. The number of ether oxygens (including phenoxy) is 1. The summed E-state index contributed by atoms with van der Waals surface area (Å²) in [5, 5.41) is 8.72. The van der Waals surface area contributed by atoms with Crippen molar-refractivity contribution in [1.82, 2.24) is 0 Å². The topological polar surface area (TPSA) is 55.8 Å². The summed E-state index contributed by atoms with van der Waals surface area (Å²) in [5.74, 6) is 0. The van der Waals surface area contributed by atoms with Crippen molar-refractivity contribution in [2.75, 3.05) is 6.61 Å². The highest BCUT2D eigenvalue weighted by Gasteiger charge is 2.43. The molecule has 7 heteroatoms. The van der Waals surface area contributed by atoms with Gasteiger partial charge in [-0.3, -0.25) is 4.52 Å². The minimum absolute atomic E-state index is 0.328. The molecule has 1 aliphatic heterocycles. The van der Waals surface area contributed by atoms with Crippen LogP contribution in [0, 0.1) is 0 Å². The van der Waals surface area contributed by atoms with Gasteiger partial charge in [-0.15, -0.1) is 0 Å². The maximum absolute atomic E-state index is 13.1. The number of aliphatic hydroxyl groups excluding tert-OH is 1. The molecule has 1 heterocycles. The van der Waals surface area contributed by atoms with E-state index in [1.807, 2.05) is 0 Å². The van der Waals surface area contributed by atoms with E-state index >= 15 is 0 Å². The van der Waals surface area contributed by atoms with Gasteiger partial charge in [-0.25, -0.2) is 8.96 Å². The largest absolute Gasteiger partial charge is 0.394 e.